The third-order valence-electron chi connectivity index (χ3n) is 3.76. The Balaban J connectivity index is 2.32. The summed E-state index contributed by atoms with van der Waals surface area (Å²) in [5.41, 5.74) is 1.73. The van der Waals surface area contributed by atoms with Gasteiger partial charge in [0, 0.05) is 24.9 Å². The lowest BCUT2D eigenvalue weighted by Crippen LogP contribution is -2.35. The fourth-order valence-electron chi connectivity index (χ4n) is 1.89. The fraction of sp³-hybridized carbons (Fsp3) is 0.529. The number of benzene rings is 1. The van der Waals surface area contributed by atoms with E-state index in [9.17, 15) is 14.7 Å². The van der Waals surface area contributed by atoms with Gasteiger partial charge in [-0.3, -0.25) is 9.59 Å². The Kier molecular flexibility index (Phi) is 7.09. The number of hydrogen-bond donors (Lipinski definition) is 2. The van der Waals surface area contributed by atoms with E-state index in [1.807, 2.05) is 32.9 Å². The molecule has 4 nitrogen and oxygen atoms in total. The molecule has 0 aromatic heterocycles. The SMILES string of the molecule is CCC(C)C(O)CNC(=O)CCC(=O)c1ccc(C)cc1. The Morgan fingerprint density at radius 2 is 1.81 bits per heavy atom. The largest absolute Gasteiger partial charge is 0.391 e. The van der Waals surface area contributed by atoms with Crippen molar-refractivity contribution in [3.05, 3.63) is 35.4 Å². The predicted octanol–water partition coefficient (Wildman–Crippen LogP) is 2.48. The van der Waals surface area contributed by atoms with Crippen molar-refractivity contribution in [1.82, 2.24) is 5.32 Å². The van der Waals surface area contributed by atoms with E-state index in [1.165, 1.54) is 0 Å². The molecule has 0 aliphatic carbocycles. The van der Waals surface area contributed by atoms with Crippen LogP contribution >= 0.6 is 0 Å². The Bertz CT molecular complexity index is 467. The number of Topliss-reactive ketones (excluding diaryl/α,β-unsaturated/α-hetero) is 1. The highest BCUT2D eigenvalue weighted by Crippen LogP contribution is 2.08. The summed E-state index contributed by atoms with van der Waals surface area (Å²) in [6, 6.07) is 7.33. The van der Waals surface area contributed by atoms with Crippen LogP contribution in [0.2, 0.25) is 0 Å². The summed E-state index contributed by atoms with van der Waals surface area (Å²) in [5, 5.41) is 12.4. The van der Waals surface area contributed by atoms with Gasteiger partial charge in [0.2, 0.25) is 5.91 Å². The van der Waals surface area contributed by atoms with Crippen molar-refractivity contribution in [3.8, 4) is 0 Å². The second kappa shape index (κ2) is 8.57. The number of carbonyl (C=O) groups is 2. The Morgan fingerprint density at radius 3 is 2.38 bits per heavy atom. The second-order valence-corrected chi connectivity index (χ2v) is 5.55. The van der Waals surface area contributed by atoms with Gasteiger partial charge in [0.15, 0.2) is 5.78 Å². The lowest BCUT2D eigenvalue weighted by Gasteiger charge is -2.17. The first-order valence-corrected chi connectivity index (χ1v) is 7.48. The van der Waals surface area contributed by atoms with Crippen molar-refractivity contribution in [3.63, 3.8) is 0 Å². The van der Waals surface area contributed by atoms with Crippen LogP contribution in [0.5, 0.6) is 0 Å². The normalized spacial score (nSPS) is 13.5. The molecule has 0 radical (unpaired) electrons. The van der Waals surface area contributed by atoms with Crippen molar-refractivity contribution in [2.75, 3.05) is 6.54 Å². The minimum atomic E-state index is -0.535. The number of aliphatic hydroxyl groups excluding tert-OH is 1. The highest BCUT2D eigenvalue weighted by molar-refractivity contribution is 5.97. The zero-order valence-corrected chi connectivity index (χ0v) is 13.1. The van der Waals surface area contributed by atoms with Gasteiger partial charge in [-0.15, -0.1) is 0 Å². The highest BCUT2D eigenvalue weighted by atomic mass is 16.3. The molecule has 1 rings (SSSR count). The van der Waals surface area contributed by atoms with Gasteiger partial charge in [-0.25, -0.2) is 0 Å². The van der Waals surface area contributed by atoms with Crippen LogP contribution in [0.1, 0.15) is 49.0 Å². The van der Waals surface area contributed by atoms with E-state index in [4.69, 9.17) is 0 Å². The number of ketones is 1. The van der Waals surface area contributed by atoms with Crippen molar-refractivity contribution in [2.24, 2.45) is 5.92 Å². The Labute approximate surface area is 126 Å². The van der Waals surface area contributed by atoms with Crippen LogP contribution < -0.4 is 5.32 Å². The zero-order chi connectivity index (χ0) is 15.8. The van der Waals surface area contributed by atoms with Gasteiger partial charge in [-0.05, 0) is 12.8 Å². The smallest absolute Gasteiger partial charge is 0.220 e. The molecule has 2 atom stereocenters. The number of aryl methyl sites for hydroxylation is 1. The standard InChI is InChI=1S/C17H25NO3/c1-4-13(3)16(20)11-18-17(21)10-9-15(19)14-7-5-12(2)6-8-14/h5-8,13,16,20H,4,9-11H2,1-3H3,(H,18,21). The van der Waals surface area contributed by atoms with Crippen LogP contribution in [0.25, 0.3) is 0 Å². The van der Waals surface area contributed by atoms with E-state index in [0.29, 0.717) is 5.56 Å². The number of amides is 1. The molecular formula is C17H25NO3. The molecule has 0 heterocycles. The van der Waals surface area contributed by atoms with Crippen LogP contribution in [0.4, 0.5) is 0 Å². The van der Waals surface area contributed by atoms with E-state index >= 15 is 0 Å². The summed E-state index contributed by atoms with van der Waals surface area (Å²) < 4.78 is 0. The van der Waals surface area contributed by atoms with Crippen LogP contribution in [-0.4, -0.2) is 29.4 Å². The molecule has 0 bridgehead atoms. The lowest BCUT2D eigenvalue weighted by atomic mass is 10.0. The summed E-state index contributed by atoms with van der Waals surface area (Å²) >= 11 is 0. The van der Waals surface area contributed by atoms with Gasteiger partial charge in [0.1, 0.15) is 0 Å². The predicted molar refractivity (Wildman–Crippen MR) is 83.2 cm³/mol. The van der Waals surface area contributed by atoms with Gasteiger partial charge in [-0.1, -0.05) is 50.1 Å². The molecular weight excluding hydrogens is 266 g/mol. The number of carbonyl (C=O) groups excluding carboxylic acids is 2. The number of aliphatic hydroxyl groups is 1. The average molecular weight is 291 g/mol. The minimum absolute atomic E-state index is 0.0346. The van der Waals surface area contributed by atoms with E-state index in [1.54, 1.807) is 12.1 Å². The molecule has 2 N–H and O–H groups in total. The van der Waals surface area contributed by atoms with E-state index in [0.717, 1.165) is 12.0 Å². The fourth-order valence-corrected chi connectivity index (χ4v) is 1.89. The van der Waals surface area contributed by atoms with Gasteiger partial charge in [-0.2, -0.15) is 0 Å². The maximum absolute atomic E-state index is 11.9. The molecule has 0 spiro atoms. The molecule has 0 saturated heterocycles. The van der Waals surface area contributed by atoms with Crippen LogP contribution in [0.15, 0.2) is 24.3 Å². The molecule has 1 aromatic rings. The molecule has 0 fully saturated rings. The molecule has 116 valence electrons. The van der Waals surface area contributed by atoms with Gasteiger partial charge < -0.3 is 10.4 Å². The van der Waals surface area contributed by atoms with E-state index < -0.39 is 6.10 Å². The third-order valence-corrected chi connectivity index (χ3v) is 3.76. The average Bonchev–Trinajstić information content (AvgIpc) is 2.49. The van der Waals surface area contributed by atoms with Gasteiger partial charge >= 0.3 is 0 Å². The highest BCUT2D eigenvalue weighted by Gasteiger charge is 2.14. The monoisotopic (exact) mass is 291 g/mol. The number of hydrogen-bond acceptors (Lipinski definition) is 3. The van der Waals surface area contributed by atoms with Crippen LogP contribution in [0, 0.1) is 12.8 Å². The van der Waals surface area contributed by atoms with Crippen molar-refractivity contribution >= 4 is 11.7 Å². The lowest BCUT2D eigenvalue weighted by molar-refractivity contribution is -0.121. The first-order chi connectivity index (χ1) is 9.93. The molecule has 1 amide bonds. The van der Waals surface area contributed by atoms with Crippen molar-refractivity contribution < 1.29 is 14.7 Å². The van der Waals surface area contributed by atoms with Crippen LogP contribution in [0.3, 0.4) is 0 Å². The molecule has 4 heteroatoms. The molecule has 1 aromatic carbocycles. The molecule has 0 aliphatic heterocycles. The number of rotatable bonds is 8. The quantitative estimate of drug-likeness (QED) is 0.723. The van der Waals surface area contributed by atoms with E-state index in [-0.39, 0.29) is 37.0 Å². The van der Waals surface area contributed by atoms with Gasteiger partial charge in [0.25, 0.3) is 0 Å². The van der Waals surface area contributed by atoms with Crippen molar-refractivity contribution in [2.45, 2.75) is 46.1 Å². The topological polar surface area (TPSA) is 66.4 Å². The summed E-state index contributed by atoms with van der Waals surface area (Å²) in [6.45, 7) is 6.14. The van der Waals surface area contributed by atoms with Crippen LogP contribution in [-0.2, 0) is 4.79 Å². The Hall–Kier alpha value is -1.68. The maximum atomic E-state index is 11.9. The second-order valence-electron chi connectivity index (χ2n) is 5.55. The summed E-state index contributed by atoms with van der Waals surface area (Å²) in [4.78, 5) is 23.6. The zero-order valence-electron chi connectivity index (χ0n) is 13.1. The first-order valence-electron chi connectivity index (χ1n) is 7.48. The maximum Gasteiger partial charge on any atom is 0.220 e. The summed E-state index contributed by atoms with van der Waals surface area (Å²) in [7, 11) is 0. The number of nitrogens with one attached hydrogen (secondary N) is 1. The molecule has 0 saturated carbocycles. The van der Waals surface area contributed by atoms with E-state index in [2.05, 4.69) is 5.32 Å². The summed E-state index contributed by atoms with van der Waals surface area (Å²) in [6.07, 6.45) is 0.670. The molecule has 0 aliphatic rings. The third kappa shape index (κ3) is 6.08. The summed E-state index contributed by atoms with van der Waals surface area (Å²) in [5.74, 6) is -0.0788. The molecule has 2 unspecified atom stereocenters. The van der Waals surface area contributed by atoms with Crippen molar-refractivity contribution in [1.29, 1.82) is 0 Å². The minimum Gasteiger partial charge on any atom is -0.391 e. The first kappa shape index (κ1) is 17.4. The molecule has 21 heavy (non-hydrogen) atoms. The Morgan fingerprint density at radius 1 is 1.19 bits per heavy atom. The van der Waals surface area contributed by atoms with Gasteiger partial charge in [0.05, 0.1) is 6.10 Å².